The minimum absolute atomic E-state index is 0.481. The van der Waals surface area contributed by atoms with Crippen LogP contribution in [0.2, 0.25) is 0 Å². The fourth-order valence-corrected chi connectivity index (χ4v) is 0. The van der Waals surface area contributed by atoms with Crippen LogP contribution in [0.3, 0.4) is 0 Å². The molecule has 0 aromatic rings. The van der Waals surface area contributed by atoms with Crippen molar-refractivity contribution in [2.24, 2.45) is 5.73 Å². The third-order valence-corrected chi connectivity index (χ3v) is 0.320. The number of alkyl halides is 1. The number of carbonyl (C=O) groups is 1. The third kappa shape index (κ3) is 3.92. The van der Waals surface area contributed by atoms with E-state index in [-0.39, 0.29) is 0 Å². The van der Waals surface area contributed by atoms with Crippen molar-refractivity contribution in [1.29, 1.82) is 0 Å². The minimum atomic E-state index is -1.17. The van der Waals surface area contributed by atoms with Crippen LogP contribution in [0, 0.1) is 0 Å². The Morgan fingerprint density at radius 2 is 2.17 bits per heavy atom. The molecule has 2 N–H and O–H groups in total. The zero-order valence-corrected chi connectivity index (χ0v) is 4.20. The molecule has 0 heterocycles. The predicted molar refractivity (Wildman–Crippen MR) is 24.5 cm³/mol. The van der Waals surface area contributed by atoms with E-state index >= 15 is 0 Å². The maximum absolute atomic E-state index is 9.57. The highest BCUT2D eigenvalue weighted by atomic mass is 35.5. The van der Waals surface area contributed by atoms with Crippen molar-refractivity contribution in [2.45, 2.75) is 11.9 Å². The number of rotatable bonds is 1. The van der Waals surface area contributed by atoms with Gasteiger partial charge in [0.05, 0.1) is 0 Å². The van der Waals surface area contributed by atoms with Gasteiger partial charge in [0.2, 0.25) is 0 Å². The van der Waals surface area contributed by atoms with E-state index in [1.165, 1.54) is 6.92 Å². The molecule has 0 aromatic carbocycles. The van der Waals surface area contributed by atoms with Gasteiger partial charge in [0.1, 0.15) is 5.00 Å². The van der Waals surface area contributed by atoms with E-state index in [0.29, 0.717) is 6.29 Å². The third-order valence-electron chi connectivity index (χ3n) is 0.230. The fourth-order valence-electron chi connectivity index (χ4n) is 0. The lowest BCUT2D eigenvalue weighted by atomic mass is 10.4. The first-order chi connectivity index (χ1) is 2.56. The summed E-state index contributed by atoms with van der Waals surface area (Å²) in [6.07, 6.45) is 0.481. The lowest BCUT2D eigenvalue weighted by molar-refractivity contribution is -0.109. The van der Waals surface area contributed by atoms with Gasteiger partial charge < -0.3 is 5.73 Å². The summed E-state index contributed by atoms with van der Waals surface area (Å²) in [6, 6.07) is 0. The summed E-state index contributed by atoms with van der Waals surface area (Å²) in [6.45, 7) is 1.42. The molecule has 6 heavy (non-hydrogen) atoms. The van der Waals surface area contributed by atoms with E-state index in [1.807, 2.05) is 0 Å². The Bertz CT molecular complexity index is 56.3. The van der Waals surface area contributed by atoms with Crippen LogP contribution in [0.5, 0.6) is 0 Å². The SMILES string of the molecule is CC(N)(Cl)C=O. The van der Waals surface area contributed by atoms with Crippen molar-refractivity contribution >= 4 is 17.9 Å². The zero-order chi connectivity index (χ0) is 5.21. The highest BCUT2D eigenvalue weighted by Crippen LogP contribution is 1.97. The summed E-state index contributed by atoms with van der Waals surface area (Å²) in [5, 5.41) is 0. The van der Waals surface area contributed by atoms with Gasteiger partial charge in [-0.3, -0.25) is 4.79 Å². The van der Waals surface area contributed by atoms with Crippen LogP contribution in [0.1, 0.15) is 6.92 Å². The summed E-state index contributed by atoms with van der Waals surface area (Å²) in [4.78, 5) is 8.40. The van der Waals surface area contributed by atoms with Gasteiger partial charge in [0, 0.05) is 0 Å². The maximum Gasteiger partial charge on any atom is 0.154 e. The van der Waals surface area contributed by atoms with Gasteiger partial charge in [0.25, 0.3) is 0 Å². The number of hydrogen-bond acceptors (Lipinski definition) is 2. The second-order valence-electron chi connectivity index (χ2n) is 1.27. The molecule has 2 nitrogen and oxygen atoms in total. The normalized spacial score (nSPS) is 19.2. The quantitative estimate of drug-likeness (QED) is 0.293. The van der Waals surface area contributed by atoms with Crippen molar-refractivity contribution < 1.29 is 4.79 Å². The van der Waals surface area contributed by atoms with Gasteiger partial charge >= 0.3 is 0 Å². The van der Waals surface area contributed by atoms with E-state index in [2.05, 4.69) is 0 Å². The Morgan fingerprint density at radius 1 is 2.00 bits per heavy atom. The molecule has 36 valence electrons. The van der Waals surface area contributed by atoms with Crippen LogP contribution in [0.15, 0.2) is 0 Å². The molecule has 1 atom stereocenters. The van der Waals surface area contributed by atoms with Crippen molar-refractivity contribution in [3.63, 3.8) is 0 Å². The molecule has 0 saturated carbocycles. The Kier molecular flexibility index (Phi) is 1.56. The van der Waals surface area contributed by atoms with E-state index in [1.54, 1.807) is 0 Å². The number of nitrogens with two attached hydrogens (primary N) is 1. The predicted octanol–water partition coefficient (Wildman–Crippen LogP) is 0.0990. The van der Waals surface area contributed by atoms with E-state index < -0.39 is 5.00 Å². The molecule has 0 spiro atoms. The smallest absolute Gasteiger partial charge is 0.154 e. The largest absolute Gasteiger partial charge is 0.307 e. The van der Waals surface area contributed by atoms with E-state index in [0.717, 1.165) is 0 Å². The molecular formula is C3H6ClNO. The summed E-state index contributed by atoms with van der Waals surface area (Å²) in [7, 11) is 0. The molecule has 0 bridgehead atoms. The van der Waals surface area contributed by atoms with Crippen LogP contribution >= 0.6 is 11.6 Å². The summed E-state index contributed by atoms with van der Waals surface area (Å²) in [5.41, 5.74) is 4.93. The Morgan fingerprint density at radius 3 is 2.17 bits per heavy atom. The molecule has 0 aliphatic heterocycles. The molecule has 0 radical (unpaired) electrons. The Hall–Kier alpha value is -0.0800. The van der Waals surface area contributed by atoms with Gasteiger partial charge in [-0.25, -0.2) is 0 Å². The monoisotopic (exact) mass is 107 g/mol. The zero-order valence-electron chi connectivity index (χ0n) is 3.44. The summed E-state index contributed by atoms with van der Waals surface area (Å²) >= 11 is 5.13. The molecule has 0 aliphatic carbocycles. The first-order valence-corrected chi connectivity index (χ1v) is 1.88. The second kappa shape index (κ2) is 1.58. The summed E-state index contributed by atoms with van der Waals surface area (Å²) in [5.74, 6) is 0. The van der Waals surface area contributed by atoms with Crippen LogP contribution < -0.4 is 5.73 Å². The van der Waals surface area contributed by atoms with Crippen molar-refractivity contribution in [3.8, 4) is 0 Å². The van der Waals surface area contributed by atoms with Crippen LogP contribution in [0.4, 0.5) is 0 Å². The van der Waals surface area contributed by atoms with Crippen LogP contribution in [0.25, 0.3) is 0 Å². The Balaban J connectivity index is 3.45. The van der Waals surface area contributed by atoms with Gasteiger partial charge in [-0.2, -0.15) is 0 Å². The molecule has 3 heteroatoms. The average molecular weight is 108 g/mol. The first-order valence-electron chi connectivity index (χ1n) is 1.50. The number of aldehydes is 1. The molecule has 1 unspecified atom stereocenters. The number of carbonyl (C=O) groups excluding carboxylic acids is 1. The summed E-state index contributed by atoms with van der Waals surface area (Å²) < 4.78 is 0. The molecule has 0 saturated heterocycles. The van der Waals surface area contributed by atoms with Crippen molar-refractivity contribution in [2.75, 3.05) is 0 Å². The van der Waals surface area contributed by atoms with Gasteiger partial charge in [0.15, 0.2) is 6.29 Å². The lowest BCUT2D eigenvalue weighted by Gasteiger charge is -2.01. The topological polar surface area (TPSA) is 43.1 Å². The van der Waals surface area contributed by atoms with E-state index in [9.17, 15) is 4.79 Å². The average Bonchev–Trinajstić information content (AvgIpc) is 1.35. The van der Waals surface area contributed by atoms with Crippen LogP contribution in [-0.4, -0.2) is 11.3 Å². The first kappa shape index (κ1) is 5.92. The van der Waals surface area contributed by atoms with Gasteiger partial charge in [-0.15, -0.1) is 0 Å². The van der Waals surface area contributed by atoms with Crippen molar-refractivity contribution in [3.05, 3.63) is 0 Å². The van der Waals surface area contributed by atoms with Gasteiger partial charge in [-0.05, 0) is 6.92 Å². The molecule has 0 amide bonds. The van der Waals surface area contributed by atoms with E-state index in [4.69, 9.17) is 17.3 Å². The molecular weight excluding hydrogens is 101 g/mol. The fraction of sp³-hybridized carbons (Fsp3) is 0.667. The highest BCUT2D eigenvalue weighted by molar-refractivity contribution is 6.30. The molecule has 0 aliphatic rings. The van der Waals surface area contributed by atoms with Crippen LogP contribution in [-0.2, 0) is 4.79 Å². The molecule has 0 aromatic heterocycles. The molecule has 0 fully saturated rings. The maximum atomic E-state index is 9.57. The minimum Gasteiger partial charge on any atom is -0.307 e. The highest BCUT2D eigenvalue weighted by Gasteiger charge is 2.08. The van der Waals surface area contributed by atoms with Gasteiger partial charge in [-0.1, -0.05) is 11.6 Å². The standard InChI is InChI=1S/C3H6ClNO/c1-3(4,5)2-6/h2H,5H2,1H3. The Labute approximate surface area is 41.3 Å². The number of halogens is 1. The second-order valence-corrected chi connectivity index (χ2v) is 2.08. The number of hydrogen-bond donors (Lipinski definition) is 1. The molecule has 0 rings (SSSR count). The lowest BCUT2D eigenvalue weighted by Crippen LogP contribution is -2.29. The van der Waals surface area contributed by atoms with Crippen molar-refractivity contribution in [1.82, 2.24) is 0 Å².